The van der Waals surface area contributed by atoms with Gasteiger partial charge in [0.2, 0.25) is 6.79 Å². The monoisotopic (exact) mass is 499 g/mol. The van der Waals surface area contributed by atoms with Crippen molar-refractivity contribution in [3.63, 3.8) is 0 Å². The molecule has 152 valence electrons. The molecule has 7 nitrogen and oxygen atoms in total. The van der Waals surface area contributed by atoms with E-state index in [2.05, 4.69) is 15.6 Å². The number of aromatic hydroxyl groups is 1. The van der Waals surface area contributed by atoms with E-state index in [4.69, 9.17) is 14.2 Å². The molecule has 0 saturated carbocycles. The van der Waals surface area contributed by atoms with Crippen LogP contribution in [-0.2, 0) is 13.0 Å². The Morgan fingerprint density at radius 3 is 2.75 bits per heavy atom. The first-order chi connectivity index (χ1) is 13.2. The number of hydrogen-bond donors (Lipinski definition) is 3. The van der Waals surface area contributed by atoms with Crippen LogP contribution < -0.4 is 24.8 Å². The zero-order chi connectivity index (χ0) is 19.1. The predicted molar refractivity (Wildman–Crippen MR) is 119 cm³/mol. The van der Waals surface area contributed by atoms with Crippen molar-refractivity contribution < 1.29 is 19.3 Å². The quantitative estimate of drug-likeness (QED) is 0.309. The number of aliphatic imine (C=N–C) groups is 1. The predicted octanol–water partition coefficient (Wildman–Crippen LogP) is 3.05. The molecule has 1 aliphatic rings. The Hall–Kier alpha value is -2.36. The number of phenolic OH excluding ortho intramolecular Hbond substituents is 1. The Bertz CT molecular complexity index is 814. The minimum Gasteiger partial charge on any atom is -0.508 e. The van der Waals surface area contributed by atoms with Crippen molar-refractivity contribution in [1.82, 2.24) is 10.6 Å². The average molecular weight is 499 g/mol. The second kappa shape index (κ2) is 10.8. The van der Waals surface area contributed by atoms with Crippen LogP contribution >= 0.6 is 24.0 Å². The summed E-state index contributed by atoms with van der Waals surface area (Å²) in [5.41, 5.74) is 1.87. The molecular weight excluding hydrogens is 473 g/mol. The van der Waals surface area contributed by atoms with Crippen LogP contribution in [0.5, 0.6) is 23.0 Å². The molecule has 0 spiro atoms. The van der Waals surface area contributed by atoms with Crippen LogP contribution in [0.1, 0.15) is 18.1 Å². The van der Waals surface area contributed by atoms with Gasteiger partial charge in [-0.05, 0) is 49.2 Å². The highest BCUT2D eigenvalue weighted by Gasteiger charge is 2.13. The molecule has 0 aliphatic carbocycles. The van der Waals surface area contributed by atoms with Crippen molar-refractivity contribution in [1.29, 1.82) is 0 Å². The molecule has 2 aromatic carbocycles. The lowest BCUT2D eigenvalue weighted by Crippen LogP contribution is -2.38. The van der Waals surface area contributed by atoms with Crippen LogP contribution in [0.4, 0.5) is 0 Å². The number of nitrogens with one attached hydrogen (secondary N) is 2. The van der Waals surface area contributed by atoms with Crippen molar-refractivity contribution in [3.8, 4) is 23.0 Å². The number of hydrogen-bond acceptors (Lipinski definition) is 5. The number of benzene rings is 2. The Kier molecular flexibility index (Phi) is 8.49. The summed E-state index contributed by atoms with van der Waals surface area (Å²) >= 11 is 0. The minimum atomic E-state index is 0. The second-order valence-electron chi connectivity index (χ2n) is 6.05. The summed E-state index contributed by atoms with van der Waals surface area (Å²) < 4.78 is 15.9. The molecule has 3 rings (SSSR count). The highest BCUT2D eigenvalue weighted by atomic mass is 127. The zero-order valence-corrected chi connectivity index (χ0v) is 18.4. The summed E-state index contributed by atoms with van der Waals surface area (Å²) in [4.78, 5) is 4.54. The van der Waals surface area contributed by atoms with E-state index in [0.29, 0.717) is 23.8 Å². The van der Waals surface area contributed by atoms with Gasteiger partial charge in [0.25, 0.3) is 0 Å². The maximum absolute atomic E-state index is 9.99. The van der Waals surface area contributed by atoms with Crippen molar-refractivity contribution in [2.75, 3.05) is 27.0 Å². The summed E-state index contributed by atoms with van der Waals surface area (Å²) in [5, 5.41) is 16.5. The number of nitrogens with zero attached hydrogens (tertiary/aromatic N) is 1. The van der Waals surface area contributed by atoms with Crippen molar-refractivity contribution in [2.45, 2.75) is 19.9 Å². The highest BCUT2D eigenvalue weighted by molar-refractivity contribution is 14.0. The minimum absolute atomic E-state index is 0. The van der Waals surface area contributed by atoms with Gasteiger partial charge in [0, 0.05) is 18.7 Å². The highest BCUT2D eigenvalue weighted by Crippen LogP contribution is 2.32. The Morgan fingerprint density at radius 2 is 1.96 bits per heavy atom. The van der Waals surface area contributed by atoms with E-state index in [-0.39, 0.29) is 36.5 Å². The molecule has 3 N–H and O–H groups in total. The number of ether oxygens (including phenoxy) is 3. The summed E-state index contributed by atoms with van der Waals surface area (Å²) in [5.74, 6) is 3.18. The Labute approximate surface area is 182 Å². The fourth-order valence-corrected chi connectivity index (χ4v) is 2.74. The lowest BCUT2D eigenvalue weighted by molar-refractivity contribution is 0.174. The van der Waals surface area contributed by atoms with Gasteiger partial charge < -0.3 is 30.0 Å². The van der Waals surface area contributed by atoms with E-state index in [1.807, 2.05) is 25.1 Å². The normalized spacial score (nSPS) is 12.3. The first kappa shape index (κ1) is 21.9. The standard InChI is InChI=1S/C20H25N3O4.HI/c1-3-21-20(23-12-15-11-16(25-2)5-6-17(15)24)22-9-8-14-4-7-18-19(10-14)27-13-26-18;/h4-7,10-11,24H,3,8-9,12-13H2,1-2H3,(H2,21,22,23);1H. The van der Waals surface area contributed by atoms with Crippen LogP contribution in [0.2, 0.25) is 0 Å². The second-order valence-corrected chi connectivity index (χ2v) is 6.05. The molecule has 0 fully saturated rings. The third-order valence-corrected chi connectivity index (χ3v) is 4.18. The number of rotatable bonds is 7. The largest absolute Gasteiger partial charge is 0.508 e. The fourth-order valence-electron chi connectivity index (χ4n) is 2.74. The molecule has 0 amide bonds. The molecule has 0 bridgehead atoms. The number of guanidine groups is 1. The van der Waals surface area contributed by atoms with E-state index in [1.54, 1.807) is 25.3 Å². The molecule has 0 unspecified atom stereocenters. The fraction of sp³-hybridized carbons (Fsp3) is 0.350. The molecule has 0 atom stereocenters. The Morgan fingerprint density at radius 1 is 1.14 bits per heavy atom. The lowest BCUT2D eigenvalue weighted by atomic mass is 10.1. The summed E-state index contributed by atoms with van der Waals surface area (Å²) in [6, 6.07) is 11.1. The van der Waals surface area contributed by atoms with E-state index in [1.165, 1.54) is 0 Å². The Balaban J connectivity index is 0.00000280. The number of phenols is 1. The molecule has 0 aromatic heterocycles. The van der Waals surface area contributed by atoms with Gasteiger partial charge in [0.1, 0.15) is 11.5 Å². The zero-order valence-electron chi connectivity index (χ0n) is 16.0. The van der Waals surface area contributed by atoms with Gasteiger partial charge >= 0.3 is 0 Å². The average Bonchev–Trinajstić information content (AvgIpc) is 3.15. The number of halogens is 1. The molecule has 8 heteroatoms. The van der Waals surface area contributed by atoms with Gasteiger partial charge in [-0.15, -0.1) is 24.0 Å². The summed E-state index contributed by atoms with van der Waals surface area (Å²) in [7, 11) is 1.60. The molecule has 0 saturated heterocycles. The summed E-state index contributed by atoms with van der Waals surface area (Å²) in [6.45, 7) is 4.11. The van der Waals surface area contributed by atoms with E-state index >= 15 is 0 Å². The van der Waals surface area contributed by atoms with E-state index in [0.717, 1.165) is 36.6 Å². The van der Waals surface area contributed by atoms with Crippen LogP contribution in [-0.4, -0.2) is 38.1 Å². The third-order valence-electron chi connectivity index (χ3n) is 4.18. The van der Waals surface area contributed by atoms with Crippen LogP contribution in [0.15, 0.2) is 41.4 Å². The van der Waals surface area contributed by atoms with Crippen molar-refractivity contribution >= 4 is 29.9 Å². The lowest BCUT2D eigenvalue weighted by Gasteiger charge is -2.12. The smallest absolute Gasteiger partial charge is 0.231 e. The molecule has 2 aromatic rings. The van der Waals surface area contributed by atoms with E-state index in [9.17, 15) is 5.11 Å². The first-order valence-electron chi connectivity index (χ1n) is 8.96. The molecule has 28 heavy (non-hydrogen) atoms. The molecule has 1 aliphatic heterocycles. The van der Waals surface area contributed by atoms with Gasteiger partial charge in [-0.2, -0.15) is 0 Å². The van der Waals surface area contributed by atoms with Crippen molar-refractivity contribution in [3.05, 3.63) is 47.5 Å². The summed E-state index contributed by atoms with van der Waals surface area (Å²) in [6.07, 6.45) is 0.825. The third kappa shape index (κ3) is 5.82. The molecule has 0 radical (unpaired) electrons. The maximum atomic E-state index is 9.99. The van der Waals surface area contributed by atoms with E-state index < -0.39 is 0 Å². The van der Waals surface area contributed by atoms with Crippen molar-refractivity contribution in [2.24, 2.45) is 4.99 Å². The SMILES string of the molecule is CCNC(=NCc1cc(OC)ccc1O)NCCc1ccc2c(c1)OCO2.I. The van der Waals surface area contributed by atoms with Gasteiger partial charge in [0.15, 0.2) is 17.5 Å². The van der Waals surface area contributed by atoms with Crippen LogP contribution in [0.3, 0.4) is 0 Å². The number of fused-ring (bicyclic) bond motifs is 1. The van der Waals surface area contributed by atoms with Gasteiger partial charge in [-0.25, -0.2) is 4.99 Å². The van der Waals surface area contributed by atoms with Crippen LogP contribution in [0.25, 0.3) is 0 Å². The first-order valence-corrected chi connectivity index (χ1v) is 8.96. The molecule has 1 heterocycles. The van der Waals surface area contributed by atoms with Crippen LogP contribution in [0, 0.1) is 0 Å². The topological polar surface area (TPSA) is 84.3 Å². The van der Waals surface area contributed by atoms with Gasteiger partial charge in [-0.3, -0.25) is 0 Å². The van der Waals surface area contributed by atoms with Gasteiger partial charge in [0.05, 0.1) is 13.7 Å². The number of methoxy groups -OCH3 is 1. The maximum Gasteiger partial charge on any atom is 0.231 e. The van der Waals surface area contributed by atoms with Gasteiger partial charge in [-0.1, -0.05) is 6.07 Å². The molecular formula is C20H26IN3O4.